The Balaban J connectivity index is 0.00000361. The number of anilines is 2. The largest absolute Gasteiger partial charge is 0.321 e. The Labute approximate surface area is 220 Å². The molecule has 1 saturated heterocycles. The minimum Gasteiger partial charge on any atom is -0.309 e. The van der Waals surface area contributed by atoms with Gasteiger partial charge in [0.05, 0.1) is 11.4 Å². The number of amides is 3. The van der Waals surface area contributed by atoms with E-state index in [1.165, 1.54) is 0 Å². The third-order valence-corrected chi connectivity index (χ3v) is 6.86. The highest BCUT2D eigenvalue weighted by Crippen LogP contribution is 2.33. The standard InChI is InChI=1S/C28H37N5O2.ClH/c1-5-17-33-23-12-7-6-11-21(23)24(22-13-14-28(3,4)15-16-29-22)31-25(26(33)34)32-27(35)30-20-10-8-9-19(2)18-20;/h6-12,18,22,25,29H,5,13-17H2,1-4H3,(H2,30,32,35);1H. The van der Waals surface area contributed by atoms with Gasteiger partial charge in [-0.2, -0.15) is 0 Å². The van der Waals surface area contributed by atoms with E-state index in [-0.39, 0.29) is 29.8 Å². The Kier molecular flexibility index (Phi) is 9.14. The van der Waals surface area contributed by atoms with Crippen LogP contribution in [-0.4, -0.2) is 42.9 Å². The van der Waals surface area contributed by atoms with Gasteiger partial charge in [0.25, 0.3) is 5.91 Å². The summed E-state index contributed by atoms with van der Waals surface area (Å²) in [6.07, 6.45) is 2.86. The van der Waals surface area contributed by atoms with Crippen LogP contribution >= 0.6 is 12.4 Å². The first-order valence-corrected chi connectivity index (χ1v) is 12.6. The Hall–Kier alpha value is -2.90. The molecule has 0 aromatic heterocycles. The average Bonchev–Trinajstić information content (AvgIpc) is 3.06. The highest BCUT2D eigenvalue weighted by Gasteiger charge is 2.35. The maximum absolute atomic E-state index is 13.7. The van der Waals surface area contributed by atoms with Crippen molar-refractivity contribution >= 4 is 41.4 Å². The molecular formula is C28H38ClN5O2. The minimum absolute atomic E-state index is 0. The number of nitrogens with one attached hydrogen (secondary N) is 3. The second-order valence-corrected chi connectivity index (χ2v) is 10.4. The number of hydrogen-bond donors (Lipinski definition) is 3. The summed E-state index contributed by atoms with van der Waals surface area (Å²) in [5.41, 5.74) is 4.62. The van der Waals surface area contributed by atoms with Crippen molar-refractivity contribution in [2.45, 2.75) is 65.6 Å². The van der Waals surface area contributed by atoms with Crippen molar-refractivity contribution in [3.8, 4) is 0 Å². The van der Waals surface area contributed by atoms with Crippen molar-refractivity contribution in [3.63, 3.8) is 0 Å². The average molecular weight is 512 g/mol. The fourth-order valence-electron chi connectivity index (χ4n) is 4.88. The van der Waals surface area contributed by atoms with E-state index in [9.17, 15) is 9.59 Å². The normalized spacial score (nSPS) is 21.3. The Morgan fingerprint density at radius 2 is 1.94 bits per heavy atom. The molecule has 7 nitrogen and oxygen atoms in total. The van der Waals surface area contributed by atoms with E-state index in [4.69, 9.17) is 4.99 Å². The molecule has 2 aromatic carbocycles. The lowest BCUT2D eigenvalue weighted by molar-refractivity contribution is -0.120. The molecule has 0 aliphatic carbocycles. The number of nitrogens with zero attached hydrogens (tertiary/aromatic N) is 2. The summed E-state index contributed by atoms with van der Waals surface area (Å²) in [5.74, 6) is -0.220. The van der Waals surface area contributed by atoms with Gasteiger partial charge in [0.2, 0.25) is 6.17 Å². The highest BCUT2D eigenvalue weighted by atomic mass is 35.5. The SMILES string of the molecule is CCCN1C(=O)C(NC(=O)Nc2cccc(C)c2)N=C(C2CCC(C)(C)CCN2)c2ccccc21.Cl. The lowest BCUT2D eigenvalue weighted by atomic mass is 9.84. The molecule has 2 atom stereocenters. The molecule has 3 N–H and O–H groups in total. The van der Waals surface area contributed by atoms with Crippen LogP contribution in [0.15, 0.2) is 53.5 Å². The van der Waals surface area contributed by atoms with Crippen LogP contribution in [0.3, 0.4) is 0 Å². The zero-order chi connectivity index (χ0) is 25.0. The number of halogens is 1. The molecule has 2 aliphatic rings. The lowest BCUT2D eigenvalue weighted by Crippen LogP contribution is -2.49. The van der Waals surface area contributed by atoms with Crippen LogP contribution in [0.5, 0.6) is 0 Å². The van der Waals surface area contributed by atoms with Gasteiger partial charge in [-0.3, -0.25) is 9.79 Å². The van der Waals surface area contributed by atoms with E-state index in [2.05, 4.69) is 29.8 Å². The summed E-state index contributed by atoms with van der Waals surface area (Å²) in [6, 6.07) is 15.1. The number of aliphatic imine (C=N–C) groups is 1. The Morgan fingerprint density at radius 3 is 2.69 bits per heavy atom. The van der Waals surface area contributed by atoms with Crippen LogP contribution in [0, 0.1) is 12.3 Å². The molecule has 1 fully saturated rings. The molecule has 2 heterocycles. The number of benzodiazepines with no additional fused rings is 1. The monoisotopic (exact) mass is 511 g/mol. The zero-order valence-corrected chi connectivity index (χ0v) is 22.5. The van der Waals surface area contributed by atoms with Gasteiger partial charge >= 0.3 is 6.03 Å². The van der Waals surface area contributed by atoms with E-state index in [1.54, 1.807) is 4.90 Å². The summed E-state index contributed by atoms with van der Waals surface area (Å²) in [4.78, 5) is 33.3. The van der Waals surface area contributed by atoms with E-state index >= 15 is 0 Å². The fourth-order valence-corrected chi connectivity index (χ4v) is 4.88. The van der Waals surface area contributed by atoms with Crippen molar-refractivity contribution in [1.29, 1.82) is 0 Å². The lowest BCUT2D eigenvalue weighted by Gasteiger charge is -2.25. The van der Waals surface area contributed by atoms with Crippen molar-refractivity contribution in [1.82, 2.24) is 10.6 Å². The first kappa shape index (κ1) is 27.7. The molecule has 194 valence electrons. The number of carbonyl (C=O) groups is 2. The van der Waals surface area contributed by atoms with E-state index in [0.29, 0.717) is 12.2 Å². The quantitative estimate of drug-likeness (QED) is 0.510. The zero-order valence-electron chi connectivity index (χ0n) is 21.6. The number of rotatable bonds is 5. The van der Waals surface area contributed by atoms with Crippen LogP contribution < -0.4 is 20.9 Å². The summed E-state index contributed by atoms with van der Waals surface area (Å²) in [5, 5.41) is 9.36. The van der Waals surface area contributed by atoms with Crippen LogP contribution in [-0.2, 0) is 4.79 Å². The molecule has 0 spiro atoms. The molecule has 36 heavy (non-hydrogen) atoms. The number of aryl methyl sites for hydroxylation is 1. The first-order valence-electron chi connectivity index (χ1n) is 12.6. The smallest absolute Gasteiger partial charge is 0.309 e. The summed E-state index contributed by atoms with van der Waals surface area (Å²) >= 11 is 0. The van der Waals surface area contributed by atoms with E-state index < -0.39 is 12.2 Å². The molecule has 2 aliphatic heterocycles. The van der Waals surface area contributed by atoms with Gasteiger partial charge < -0.3 is 20.9 Å². The highest BCUT2D eigenvalue weighted by molar-refractivity contribution is 6.15. The fraction of sp³-hybridized carbons (Fsp3) is 0.464. The van der Waals surface area contributed by atoms with Crippen molar-refractivity contribution < 1.29 is 9.59 Å². The van der Waals surface area contributed by atoms with Gasteiger partial charge in [-0.15, -0.1) is 12.4 Å². The van der Waals surface area contributed by atoms with Crippen molar-refractivity contribution in [2.75, 3.05) is 23.3 Å². The van der Waals surface area contributed by atoms with Gasteiger partial charge in [0.15, 0.2) is 0 Å². The van der Waals surface area contributed by atoms with Crippen molar-refractivity contribution in [2.24, 2.45) is 10.4 Å². The number of carbonyl (C=O) groups excluding carboxylic acids is 2. The number of hydrogen-bond acceptors (Lipinski definition) is 4. The first-order chi connectivity index (χ1) is 16.8. The van der Waals surface area contributed by atoms with Gasteiger partial charge in [0, 0.05) is 23.8 Å². The number of para-hydroxylation sites is 1. The number of benzene rings is 2. The molecule has 0 saturated carbocycles. The minimum atomic E-state index is -1.01. The third-order valence-electron chi connectivity index (χ3n) is 6.86. The molecule has 3 amide bonds. The summed E-state index contributed by atoms with van der Waals surface area (Å²) < 4.78 is 0. The molecule has 2 aromatic rings. The number of urea groups is 1. The van der Waals surface area contributed by atoms with Crippen LogP contribution in [0.25, 0.3) is 0 Å². The summed E-state index contributed by atoms with van der Waals surface area (Å²) in [6.45, 7) is 10.1. The topological polar surface area (TPSA) is 85.8 Å². The second kappa shape index (κ2) is 11.9. The molecule has 2 unspecified atom stereocenters. The molecule has 4 rings (SSSR count). The third kappa shape index (κ3) is 6.45. The van der Waals surface area contributed by atoms with E-state index in [1.807, 2.05) is 62.4 Å². The predicted octanol–water partition coefficient (Wildman–Crippen LogP) is 5.28. The van der Waals surface area contributed by atoms with Gasteiger partial charge in [-0.25, -0.2) is 4.79 Å². The van der Waals surface area contributed by atoms with E-state index in [0.717, 1.165) is 54.8 Å². The Morgan fingerprint density at radius 1 is 1.17 bits per heavy atom. The Bertz CT molecular complexity index is 1120. The van der Waals surface area contributed by atoms with Crippen molar-refractivity contribution in [3.05, 3.63) is 59.7 Å². The number of fused-ring (bicyclic) bond motifs is 1. The van der Waals surface area contributed by atoms with Gasteiger partial charge in [-0.05, 0) is 68.3 Å². The van der Waals surface area contributed by atoms with Gasteiger partial charge in [-0.1, -0.05) is 51.1 Å². The molecule has 8 heteroatoms. The molecular weight excluding hydrogens is 474 g/mol. The maximum Gasteiger partial charge on any atom is 0.321 e. The molecule has 0 bridgehead atoms. The molecule has 0 radical (unpaired) electrons. The van der Waals surface area contributed by atoms with Crippen LogP contribution in [0.2, 0.25) is 0 Å². The summed E-state index contributed by atoms with van der Waals surface area (Å²) in [7, 11) is 0. The van der Waals surface area contributed by atoms with Gasteiger partial charge in [0.1, 0.15) is 0 Å². The van der Waals surface area contributed by atoms with Crippen LogP contribution in [0.1, 0.15) is 57.6 Å². The maximum atomic E-state index is 13.7. The second-order valence-electron chi connectivity index (χ2n) is 10.4. The predicted molar refractivity (Wildman–Crippen MR) is 149 cm³/mol. The van der Waals surface area contributed by atoms with Crippen LogP contribution in [0.4, 0.5) is 16.2 Å².